The molecule has 5 nitrogen and oxygen atoms in total. The molecule has 0 amide bonds. The summed E-state index contributed by atoms with van der Waals surface area (Å²) in [5.74, 6) is 0.497. The number of nitrogens with zero attached hydrogens (tertiary/aromatic N) is 3. The average Bonchev–Trinajstić information content (AvgIpc) is 3.13. The normalized spacial score (nSPS) is 19.6. The molecular weight excluding hydrogens is 302 g/mol. The van der Waals surface area contributed by atoms with E-state index >= 15 is 0 Å². The highest BCUT2D eigenvalue weighted by Gasteiger charge is 2.20. The Morgan fingerprint density at radius 2 is 2.21 bits per heavy atom. The number of hydrogen-bond donors (Lipinski definition) is 0. The van der Waals surface area contributed by atoms with E-state index in [4.69, 9.17) is 9.15 Å². The maximum atomic E-state index is 5.84. The van der Waals surface area contributed by atoms with Crippen molar-refractivity contribution in [1.29, 1.82) is 0 Å². The summed E-state index contributed by atoms with van der Waals surface area (Å²) in [6.45, 7) is 4.58. The van der Waals surface area contributed by atoms with Crippen molar-refractivity contribution in [3.63, 3.8) is 0 Å². The van der Waals surface area contributed by atoms with E-state index in [1.807, 2.05) is 24.0 Å². The molecule has 24 heavy (non-hydrogen) atoms. The van der Waals surface area contributed by atoms with E-state index < -0.39 is 0 Å². The van der Waals surface area contributed by atoms with Crippen LogP contribution in [0.15, 0.2) is 47.3 Å². The summed E-state index contributed by atoms with van der Waals surface area (Å²) in [7, 11) is 1.96. The number of benzene rings is 1. The van der Waals surface area contributed by atoms with Crippen molar-refractivity contribution < 1.29 is 9.15 Å². The van der Waals surface area contributed by atoms with Crippen LogP contribution in [0.5, 0.6) is 0 Å². The maximum Gasteiger partial charge on any atom is 0.134 e. The molecule has 0 bridgehead atoms. The summed E-state index contributed by atoms with van der Waals surface area (Å²) in [4.78, 5) is 2.47. The largest absolute Gasteiger partial charge is 0.464 e. The van der Waals surface area contributed by atoms with Gasteiger partial charge >= 0.3 is 0 Å². The summed E-state index contributed by atoms with van der Waals surface area (Å²) in [6.07, 6.45) is 6.80. The van der Waals surface area contributed by atoms with Gasteiger partial charge in [0.15, 0.2) is 0 Å². The highest BCUT2D eigenvalue weighted by molar-refractivity contribution is 5.77. The molecule has 0 spiro atoms. The zero-order valence-corrected chi connectivity index (χ0v) is 14.0. The highest BCUT2D eigenvalue weighted by Crippen LogP contribution is 2.21. The van der Waals surface area contributed by atoms with Crippen molar-refractivity contribution in [2.75, 3.05) is 26.3 Å². The number of ether oxygens (including phenoxy) is 1. The first-order valence-electron chi connectivity index (χ1n) is 8.50. The van der Waals surface area contributed by atoms with Gasteiger partial charge in [-0.3, -0.25) is 9.58 Å². The fourth-order valence-corrected chi connectivity index (χ4v) is 3.49. The lowest BCUT2D eigenvalue weighted by molar-refractivity contribution is 0.121. The van der Waals surface area contributed by atoms with Crippen LogP contribution in [0.25, 0.3) is 11.0 Å². The Labute approximate surface area is 141 Å². The van der Waals surface area contributed by atoms with E-state index in [0.717, 1.165) is 50.2 Å². The van der Waals surface area contributed by atoms with Crippen molar-refractivity contribution in [3.8, 4) is 0 Å². The molecule has 1 aromatic carbocycles. The Balaban J connectivity index is 1.43. The van der Waals surface area contributed by atoms with Crippen LogP contribution in [-0.4, -0.2) is 41.0 Å². The van der Waals surface area contributed by atoms with E-state index in [-0.39, 0.29) is 0 Å². The fraction of sp³-hybridized carbons (Fsp3) is 0.421. The van der Waals surface area contributed by atoms with Crippen molar-refractivity contribution in [3.05, 3.63) is 54.0 Å². The summed E-state index contributed by atoms with van der Waals surface area (Å²) >= 11 is 0. The fourth-order valence-electron chi connectivity index (χ4n) is 3.49. The number of furan rings is 1. The molecule has 3 aromatic rings. The monoisotopic (exact) mass is 325 g/mol. The summed E-state index contributed by atoms with van der Waals surface area (Å²) < 4.78 is 13.2. The van der Waals surface area contributed by atoms with Gasteiger partial charge in [0.05, 0.1) is 25.7 Å². The van der Waals surface area contributed by atoms with Crippen LogP contribution in [0.3, 0.4) is 0 Å². The number of hydrogen-bond acceptors (Lipinski definition) is 4. The zero-order valence-electron chi connectivity index (χ0n) is 14.0. The first kappa shape index (κ1) is 15.4. The quantitative estimate of drug-likeness (QED) is 0.740. The van der Waals surface area contributed by atoms with Gasteiger partial charge in [-0.1, -0.05) is 12.1 Å². The van der Waals surface area contributed by atoms with Crippen LogP contribution in [0, 0.1) is 5.92 Å². The smallest absolute Gasteiger partial charge is 0.134 e. The van der Waals surface area contributed by atoms with E-state index in [2.05, 4.69) is 34.4 Å². The van der Waals surface area contributed by atoms with Crippen molar-refractivity contribution in [1.82, 2.24) is 14.7 Å². The van der Waals surface area contributed by atoms with Crippen LogP contribution >= 0.6 is 0 Å². The molecule has 5 heteroatoms. The van der Waals surface area contributed by atoms with E-state index in [1.54, 1.807) is 6.26 Å². The lowest BCUT2D eigenvalue weighted by Gasteiger charge is -2.22. The van der Waals surface area contributed by atoms with Gasteiger partial charge in [-0.15, -0.1) is 0 Å². The molecule has 3 heterocycles. The minimum Gasteiger partial charge on any atom is -0.464 e. The topological polar surface area (TPSA) is 43.4 Å². The predicted molar refractivity (Wildman–Crippen MR) is 92.7 cm³/mol. The number of aryl methyl sites for hydroxylation is 1. The van der Waals surface area contributed by atoms with Gasteiger partial charge in [-0.2, -0.15) is 5.10 Å². The lowest BCUT2D eigenvalue weighted by Crippen LogP contribution is -2.30. The van der Waals surface area contributed by atoms with Crippen molar-refractivity contribution >= 4 is 11.0 Å². The second-order valence-corrected chi connectivity index (χ2v) is 6.70. The Bertz CT molecular complexity index is 808. The molecular formula is C19H23N3O2. The Morgan fingerprint density at radius 3 is 3.08 bits per heavy atom. The molecule has 1 fully saturated rings. The molecule has 2 aromatic heterocycles. The second kappa shape index (κ2) is 6.79. The van der Waals surface area contributed by atoms with E-state index in [1.165, 1.54) is 11.1 Å². The van der Waals surface area contributed by atoms with Gasteiger partial charge in [0.1, 0.15) is 5.58 Å². The van der Waals surface area contributed by atoms with Crippen LogP contribution in [0.4, 0.5) is 0 Å². The molecule has 1 saturated heterocycles. The maximum absolute atomic E-state index is 5.84. The summed E-state index contributed by atoms with van der Waals surface area (Å²) in [5.41, 5.74) is 3.54. The van der Waals surface area contributed by atoms with Crippen LogP contribution in [0.1, 0.15) is 11.1 Å². The van der Waals surface area contributed by atoms with Gasteiger partial charge in [-0.05, 0) is 30.0 Å². The molecule has 1 aliphatic heterocycles. The molecule has 0 N–H and O–H groups in total. The molecule has 0 aliphatic carbocycles. The van der Waals surface area contributed by atoms with Crippen LogP contribution in [-0.2, 0) is 24.8 Å². The minimum atomic E-state index is 0.497. The standard InChI is InChI=1S/C19H23N3O2/c1-21-11-17(10-20-21)13-22-5-7-23-14-16(12-22)8-15-2-3-18-4-6-24-19(18)9-15/h2-4,6,9-11,16H,5,7-8,12-14H2,1H3/t16-/m1/s1. The van der Waals surface area contributed by atoms with E-state index in [0.29, 0.717) is 5.92 Å². The first-order valence-corrected chi connectivity index (χ1v) is 8.50. The van der Waals surface area contributed by atoms with Crippen LogP contribution in [0.2, 0.25) is 0 Å². The molecule has 0 saturated carbocycles. The highest BCUT2D eigenvalue weighted by atomic mass is 16.5. The molecule has 1 aliphatic rings. The Kier molecular flexibility index (Phi) is 4.36. The third-order valence-electron chi connectivity index (χ3n) is 4.63. The molecule has 0 unspecified atom stereocenters. The number of aromatic nitrogens is 2. The van der Waals surface area contributed by atoms with Gasteiger partial charge in [0.2, 0.25) is 0 Å². The first-order chi connectivity index (χ1) is 11.8. The van der Waals surface area contributed by atoms with E-state index in [9.17, 15) is 0 Å². The van der Waals surface area contributed by atoms with Gasteiger partial charge < -0.3 is 9.15 Å². The van der Waals surface area contributed by atoms with Gasteiger partial charge in [-0.25, -0.2) is 0 Å². The van der Waals surface area contributed by atoms with Crippen molar-refractivity contribution in [2.24, 2.45) is 13.0 Å². The third-order valence-corrected chi connectivity index (χ3v) is 4.63. The predicted octanol–water partition coefficient (Wildman–Crippen LogP) is 2.86. The van der Waals surface area contributed by atoms with Crippen LogP contribution < -0.4 is 0 Å². The Morgan fingerprint density at radius 1 is 1.25 bits per heavy atom. The van der Waals surface area contributed by atoms with Gasteiger partial charge in [0.25, 0.3) is 0 Å². The lowest BCUT2D eigenvalue weighted by atomic mass is 9.99. The second-order valence-electron chi connectivity index (χ2n) is 6.70. The summed E-state index contributed by atoms with van der Waals surface area (Å²) in [6, 6.07) is 8.50. The molecule has 126 valence electrons. The molecule has 0 radical (unpaired) electrons. The SMILES string of the molecule is Cn1cc(CN2CCOC[C@H](Cc3ccc4ccoc4c3)C2)cn1. The average molecular weight is 325 g/mol. The zero-order chi connectivity index (χ0) is 16.4. The Hall–Kier alpha value is -2.11. The van der Waals surface area contributed by atoms with Crippen molar-refractivity contribution in [2.45, 2.75) is 13.0 Å². The minimum absolute atomic E-state index is 0.497. The molecule has 1 atom stereocenters. The number of fused-ring (bicyclic) bond motifs is 1. The molecule has 4 rings (SSSR count). The number of rotatable bonds is 4. The van der Waals surface area contributed by atoms with Gasteiger partial charge in [0, 0.05) is 43.8 Å². The summed E-state index contributed by atoms with van der Waals surface area (Å²) in [5, 5.41) is 5.43. The third kappa shape index (κ3) is 3.52.